The number of aromatic nitrogens is 3. The van der Waals surface area contributed by atoms with Crippen LogP contribution < -0.4 is 4.74 Å². The molecule has 2 heterocycles. The van der Waals surface area contributed by atoms with E-state index < -0.39 is 5.41 Å². The molecule has 0 saturated heterocycles. The van der Waals surface area contributed by atoms with Gasteiger partial charge in [-0.05, 0) is 73.5 Å². The van der Waals surface area contributed by atoms with E-state index in [2.05, 4.69) is 176 Å². The maximum Gasteiger partial charge on any atom is 0.164 e. The molecular weight excluding hydrogens is 731 g/mol. The summed E-state index contributed by atoms with van der Waals surface area (Å²) >= 11 is 0. The molecule has 0 bridgehead atoms. The Bertz CT molecular complexity index is 3240. The predicted molar refractivity (Wildman–Crippen MR) is 242 cm³/mol. The molecule has 0 radical (unpaired) electrons. The Labute approximate surface area is 348 Å². The van der Waals surface area contributed by atoms with Gasteiger partial charge in [-0.15, -0.1) is 0 Å². The van der Waals surface area contributed by atoms with Crippen LogP contribution in [0.5, 0.6) is 11.5 Å². The minimum absolute atomic E-state index is 0.486. The van der Waals surface area contributed by atoms with Crippen LogP contribution in [0.1, 0.15) is 22.3 Å². The fourth-order valence-electron chi connectivity index (χ4n) is 9.56. The number of rotatable bonds is 5. The fourth-order valence-corrected chi connectivity index (χ4v) is 9.56. The van der Waals surface area contributed by atoms with Crippen molar-refractivity contribution in [2.75, 3.05) is 0 Å². The number of nitrogens with zero attached hydrogens (tertiary/aromatic N) is 3. The maximum absolute atomic E-state index is 6.80. The summed E-state index contributed by atoms with van der Waals surface area (Å²) in [5.41, 5.74) is 14.2. The van der Waals surface area contributed by atoms with Gasteiger partial charge < -0.3 is 4.74 Å². The van der Waals surface area contributed by atoms with Crippen molar-refractivity contribution in [2.45, 2.75) is 5.41 Å². The van der Waals surface area contributed by atoms with E-state index >= 15 is 0 Å². The van der Waals surface area contributed by atoms with E-state index in [0.717, 1.165) is 55.7 Å². The number of hydrogen-bond donors (Lipinski definition) is 0. The van der Waals surface area contributed by atoms with Gasteiger partial charge in [-0.1, -0.05) is 194 Å². The van der Waals surface area contributed by atoms with Crippen molar-refractivity contribution in [3.63, 3.8) is 0 Å². The van der Waals surface area contributed by atoms with Crippen LogP contribution in [-0.4, -0.2) is 15.0 Å². The lowest BCUT2D eigenvalue weighted by atomic mass is 9.66. The normalized spacial score (nSPS) is 12.9. The van der Waals surface area contributed by atoms with E-state index in [4.69, 9.17) is 19.7 Å². The van der Waals surface area contributed by atoms with Gasteiger partial charge in [0.25, 0.3) is 0 Å². The Morgan fingerprint density at radius 1 is 0.283 bits per heavy atom. The third-order valence-corrected chi connectivity index (χ3v) is 12.2. The molecule has 4 heteroatoms. The molecule has 4 nitrogen and oxygen atoms in total. The van der Waals surface area contributed by atoms with Gasteiger partial charge in [0.1, 0.15) is 11.5 Å². The molecule has 60 heavy (non-hydrogen) atoms. The first kappa shape index (κ1) is 34.1. The molecule has 2 aliphatic rings. The van der Waals surface area contributed by atoms with Crippen LogP contribution in [0.25, 0.3) is 78.3 Å². The molecule has 0 amide bonds. The Balaban J connectivity index is 0.961. The van der Waals surface area contributed by atoms with Crippen molar-refractivity contribution in [1.82, 2.24) is 15.0 Å². The highest BCUT2D eigenvalue weighted by molar-refractivity contribution is 6.04. The van der Waals surface area contributed by atoms with E-state index in [1.54, 1.807) is 0 Å². The van der Waals surface area contributed by atoms with E-state index in [-0.39, 0.29) is 0 Å². The standard InChI is InChI=1S/C56H35N3O/c1-3-15-37(16-4-1)41-32-33-46(43-20-8-7-19-42(41)43)55-58-53(38-17-5-2-6-18-38)57-54(59-55)39-29-27-36(28-30-39)40-31-34-50-52(35-40)60-51-26-14-13-25-49(51)56(50)47-23-11-9-21-44(47)45-22-10-12-24-48(45)56/h1-35H. The third-order valence-electron chi connectivity index (χ3n) is 12.2. The molecule has 1 aliphatic heterocycles. The minimum atomic E-state index is -0.486. The molecule has 0 unspecified atom stereocenters. The molecule has 9 aromatic carbocycles. The first-order valence-electron chi connectivity index (χ1n) is 20.4. The highest BCUT2D eigenvalue weighted by atomic mass is 16.5. The number of benzene rings is 9. The Kier molecular flexibility index (Phi) is 7.72. The molecule has 10 aromatic rings. The molecule has 1 aromatic heterocycles. The number of ether oxygens (including phenoxy) is 1. The van der Waals surface area contributed by atoms with Gasteiger partial charge in [0.2, 0.25) is 0 Å². The second kappa shape index (κ2) is 13.6. The quantitative estimate of drug-likeness (QED) is 0.175. The Hall–Kier alpha value is -7.95. The SMILES string of the molecule is c1ccc(-c2nc(-c3ccc(-c4ccc5c(c4)Oc4ccccc4C54c5ccccc5-c5ccccc54)cc3)nc(-c3ccc(-c4ccccc4)c4ccccc34)n2)cc1. The highest BCUT2D eigenvalue weighted by Gasteiger charge is 2.50. The van der Waals surface area contributed by atoms with Crippen molar-refractivity contribution < 1.29 is 4.74 Å². The first-order valence-corrected chi connectivity index (χ1v) is 20.4. The van der Waals surface area contributed by atoms with Crippen molar-refractivity contribution in [2.24, 2.45) is 0 Å². The largest absolute Gasteiger partial charge is 0.457 e. The van der Waals surface area contributed by atoms with E-state index in [1.807, 2.05) is 36.4 Å². The van der Waals surface area contributed by atoms with Gasteiger partial charge in [0.15, 0.2) is 17.5 Å². The Morgan fingerprint density at radius 3 is 1.43 bits per heavy atom. The zero-order valence-corrected chi connectivity index (χ0v) is 32.5. The summed E-state index contributed by atoms with van der Waals surface area (Å²) in [7, 11) is 0. The smallest absolute Gasteiger partial charge is 0.164 e. The van der Waals surface area contributed by atoms with Gasteiger partial charge in [0, 0.05) is 27.8 Å². The van der Waals surface area contributed by atoms with Crippen LogP contribution in [0.15, 0.2) is 212 Å². The lowest BCUT2D eigenvalue weighted by molar-refractivity contribution is 0.436. The van der Waals surface area contributed by atoms with Crippen molar-refractivity contribution >= 4 is 10.8 Å². The number of fused-ring (bicyclic) bond motifs is 10. The summed E-state index contributed by atoms with van der Waals surface area (Å²) in [6.07, 6.45) is 0. The molecular formula is C56H35N3O. The van der Waals surface area contributed by atoms with E-state index in [9.17, 15) is 0 Å². The van der Waals surface area contributed by atoms with Gasteiger partial charge >= 0.3 is 0 Å². The third kappa shape index (κ3) is 5.21. The highest BCUT2D eigenvalue weighted by Crippen LogP contribution is 2.62. The van der Waals surface area contributed by atoms with Crippen LogP contribution >= 0.6 is 0 Å². The lowest BCUT2D eigenvalue weighted by Gasteiger charge is -2.39. The van der Waals surface area contributed by atoms with Gasteiger partial charge in [-0.3, -0.25) is 0 Å². The summed E-state index contributed by atoms with van der Waals surface area (Å²) < 4.78 is 6.80. The average molecular weight is 766 g/mol. The fraction of sp³-hybridized carbons (Fsp3) is 0.0179. The molecule has 280 valence electrons. The Morgan fingerprint density at radius 2 is 0.750 bits per heavy atom. The summed E-state index contributed by atoms with van der Waals surface area (Å²) in [4.78, 5) is 15.3. The molecule has 0 fully saturated rings. The average Bonchev–Trinajstić information content (AvgIpc) is 3.62. The molecule has 0 N–H and O–H groups in total. The zero-order chi connectivity index (χ0) is 39.6. The van der Waals surface area contributed by atoms with Crippen molar-refractivity contribution in [1.29, 1.82) is 0 Å². The second-order valence-corrected chi connectivity index (χ2v) is 15.5. The lowest BCUT2D eigenvalue weighted by Crippen LogP contribution is -2.32. The summed E-state index contributed by atoms with van der Waals surface area (Å²) in [6, 6.07) is 74.9. The predicted octanol–water partition coefficient (Wildman–Crippen LogP) is 13.8. The topological polar surface area (TPSA) is 47.9 Å². The summed E-state index contributed by atoms with van der Waals surface area (Å²) in [5.74, 6) is 3.63. The van der Waals surface area contributed by atoms with E-state index in [0.29, 0.717) is 17.5 Å². The molecule has 0 saturated carbocycles. The molecule has 1 aliphatic carbocycles. The van der Waals surface area contributed by atoms with Crippen LogP contribution in [0.2, 0.25) is 0 Å². The number of hydrogen-bond acceptors (Lipinski definition) is 4. The van der Waals surface area contributed by atoms with Crippen molar-refractivity contribution in [3.8, 4) is 79.0 Å². The van der Waals surface area contributed by atoms with Crippen molar-refractivity contribution in [3.05, 3.63) is 235 Å². The molecule has 1 spiro atoms. The van der Waals surface area contributed by atoms with Gasteiger partial charge in [-0.2, -0.15) is 0 Å². The molecule has 12 rings (SSSR count). The van der Waals surface area contributed by atoms with Crippen LogP contribution in [-0.2, 0) is 5.41 Å². The maximum atomic E-state index is 6.80. The van der Waals surface area contributed by atoms with Crippen LogP contribution in [0, 0.1) is 0 Å². The van der Waals surface area contributed by atoms with Gasteiger partial charge in [0.05, 0.1) is 5.41 Å². The summed E-state index contributed by atoms with van der Waals surface area (Å²) in [6.45, 7) is 0. The number of para-hydroxylation sites is 1. The zero-order valence-electron chi connectivity index (χ0n) is 32.5. The summed E-state index contributed by atoms with van der Waals surface area (Å²) in [5, 5.41) is 2.24. The van der Waals surface area contributed by atoms with E-state index in [1.165, 1.54) is 38.9 Å². The first-order chi connectivity index (χ1) is 29.7. The monoisotopic (exact) mass is 765 g/mol. The molecule has 0 atom stereocenters. The van der Waals surface area contributed by atoms with Gasteiger partial charge in [-0.25, -0.2) is 15.0 Å². The van der Waals surface area contributed by atoms with Crippen LogP contribution in [0.3, 0.4) is 0 Å². The van der Waals surface area contributed by atoms with Crippen LogP contribution in [0.4, 0.5) is 0 Å². The minimum Gasteiger partial charge on any atom is -0.457 e. The second-order valence-electron chi connectivity index (χ2n) is 15.5.